The average molecular weight is 354 g/mol. The second kappa shape index (κ2) is 6.71. The van der Waals surface area contributed by atoms with E-state index in [4.69, 9.17) is 16.2 Å². The minimum absolute atomic E-state index is 0.0641. The molecule has 3 aromatic rings. The van der Waals surface area contributed by atoms with E-state index in [1.54, 1.807) is 13.8 Å². The quantitative estimate of drug-likeness (QED) is 0.677. The first-order chi connectivity index (χ1) is 12.5. The normalized spacial score (nSPS) is 10.7. The zero-order chi connectivity index (χ0) is 18.8. The standard InChI is InChI=1S/C17H18N6O3/c1-3-26-17(25)13-10(2)21-23(15(13)19)16(24)12-9-20-22(14(12)18)11-7-5-4-6-8-11/h4-9H,3,18-19H2,1-2H3. The molecule has 9 nitrogen and oxygen atoms in total. The van der Waals surface area contributed by atoms with Gasteiger partial charge in [0.25, 0.3) is 5.91 Å². The van der Waals surface area contributed by atoms with Crippen molar-refractivity contribution < 1.29 is 14.3 Å². The number of aromatic nitrogens is 4. The number of nitrogens with two attached hydrogens (primary N) is 2. The lowest BCUT2D eigenvalue weighted by Crippen LogP contribution is -2.18. The van der Waals surface area contributed by atoms with E-state index < -0.39 is 11.9 Å². The van der Waals surface area contributed by atoms with Crippen LogP contribution in [0.15, 0.2) is 36.5 Å². The Morgan fingerprint density at radius 3 is 2.50 bits per heavy atom. The highest BCUT2D eigenvalue weighted by atomic mass is 16.5. The Hall–Kier alpha value is -3.62. The van der Waals surface area contributed by atoms with Crippen molar-refractivity contribution in [2.24, 2.45) is 0 Å². The highest BCUT2D eigenvalue weighted by Crippen LogP contribution is 2.22. The molecule has 0 aliphatic rings. The van der Waals surface area contributed by atoms with E-state index in [9.17, 15) is 9.59 Å². The molecule has 9 heteroatoms. The maximum Gasteiger partial charge on any atom is 0.343 e. The van der Waals surface area contributed by atoms with E-state index in [0.29, 0.717) is 11.4 Å². The minimum Gasteiger partial charge on any atom is -0.462 e. The zero-order valence-corrected chi connectivity index (χ0v) is 14.3. The molecule has 0 radical (unpaired) electrons. The summed E-state index contributed by atoms with van der Waals surface area (Å²) in [7, 11) is 0. The van der Waals surface area contributed by atoms with Gasteiger partial charge < -0.3 is 16.2 Å². The average Bonchev–Trinajstić information content (AvgIpc) is 3.15. The molecule has 0 spiro atoms. The van der Waals surface area contributed by atoms with Crippen molar-refractivity contribution in [3.8, 4) is 5.69 Å². The molecule has 3 rings (SSSR count). The van der Waals surface area contributed by atoms with E-state index in [-0.39, 0.29) is 29.4 Å². The van der Waals surface area contributed by atoms with Crippen molar-refractivity contribution in [1.29, 1.82) is 0 Å². The van der Waals surface area contributed by atoms with Crippen molar-refractivity contribution in [2.45, 2.75) is 13.8 Å². The van der Waals surface area contributed by atoms with Gasteiger partial charge in [0, 0.05) is 0 Å². The molecule has 0 unspecified atom stereocenters. The van der Waals surface area contributed by atoms with Crippen LogP contribution in [0, 0.1) is 6.92 Å². The first-order valence-electron chi connectivity index (χ1n) is 7.91. The van der Waals surface area contributed by atoms with E-state index in [1.165, 1.54) is 10.9 Å². The van der Waals surface area contributed by atoms with Gasteiger partial charge in [-0.15, -0.1) is 0 Å². The van der Waals surface area contributed by atoms with E-state index in [0.717, 1.165) is 4.68 Å². The minimum atomic E-state index is -0.630. The summed E-state index contributed by atoms with van der Waals surface area (Å²) in [6, 6.07) is 9.14. The molecule has 0 fully saturated rings. The molecular formula is C17H18N6O3. The summed E-state index contributed by atoms with van der Waals surface area (Å²) in [4.78, 5) is 24.8. The Balaban J connectivity index is 2.00. The number of nitrogen functional groups attached to an aromatic ring is 2. The third-order valence-corrected chi connectivity index (χ3v) is 3.81. The van der Waals surface area contributed by atoms with Gasteiger partial charge in [-0.3, -0.25) is 4.79 Å². The maximum absolute atomic E-state index is 12.8. The van der Waals surface area contributed by atoms with Crippen LogP contribution in [-0.4, -0.2) is 38.0 Å². The number of aryl methyl sites for hydroxylation is 1. The Labute approximate surface area is 149 Å². The first kappa shape index (κ1) is 17.2. The second-order valence-electron chi connectivity index (χ2n) is 5.47. The topological polar surface area (TPSA) is 131 Å². The molecule has 134 valence electrons. The van der Waals surface area contributed by atoms with Gasteiger partial charge in [-0.2, -0.15) is 14.9 Å². The van der Waals surface area contributed by atoms with Gasteiger partial charge in [-0.25, -0.2) is 9.48 Å². The Kier molecular flexibility index (Phi) is 4.44. The van der Waals surface area contributed by atoms with Gasteiger partial charge in [0.1, 0.15) is 22.8 Å². The third kappa shape index (κ3) is 2.79. The molecule has 26 heavy (non-hydrogen) atoms. The SMILES string of the molecule is CCOC(=O)c1c(C)nn(C(=O)c2cnn(-c3ccccc3)c2N)c1N. The maximum atomic E-state index is 12.8. The summed E-state index contributed by atoms with van der Waals surface area (Å²) in [6.07, 6.45) is 1.34. The van der Waals surface area contributed by atoms with Crippen LogP contribution in [0.25, 0.3) is 5.69 Å². The van der Waals surface area contributed by atoms with Crippen molar-refractivity contribution in [3.63, 3.8) is 0 Å². The van der Waals surface area contributed by atoms with Gasteiger partial charge in [-0.1, -0.05) is 18.2 Å². The van der Waals surface area contributed by atoms with Gasteiger partial charge in [0.15, 0.2) is 0 Å². The largest absolute Gasteiger partial charge is 0.462 e. The van der Waals surface area contributed by atoms with Crippen LogP contribution in [0.4, 0.5) is 11.6 Å². The number of anilines is 2. The number of carbonyl (C=O) groups is 2. The molecule has 0 amide bonds. The van der Waals surface area contributed by atoms with Crippen molar-refractivity contribution in [2.75, 3.05) is 18.1 Å². The highest BCUT2D eigenvalue weighted by molar-refractivity contribution is 6.04. The number of rotatable bonds is 4. The third-order valence-electron chi connectivity index (χ3n) is 3.81. The summed E-state index contributed by atoms with van der Waals surface area (Å²) in [5, 5.41) is 8.21. The summed E-state index contributed by atoms with van der Waals surface area (Å²) >= 11 is 0. The molecule has 0 bridgehead atoms. The van der Waals surface area contributed by atoms with Gasteiger partial charge >= 0.3 is 5.97 Å². The predicted molar refractivity (Wildman–Crippen MR) is 95.0 cm³/mol. The molecule has 0 aliphatic carbocycles. The highest BCUT2D eigenvalue weighted by Gasteiger charge is 2.26. The second-order valence-corrected chi connectivity index (χ2v) is 5.47. The number of hydrogen-bond acceptors (Lipinski definition) is 7. The van der Waals surface area contributed by atoms with Crippen LogP contribution >= 0.6 is 0 Å². The lowest BCUT2D eigenvalue weighted by molar-refractivity contribution is 0.0527. The Morgan fingerprint density at radius 1 is 1.15 bits per heavy atom. The van der Waals surface area contributed by atoms with E-state index >= 15 is 0 Å². The van der Waals surface area contributed by atoms with Gasteiger partial charge in [0.2, 0.25) is 0 Å². The number of benzene rings is 1. The molecule has 2 aromatic heterocycles. The van der Waals surface area contributed by atoms with Crippen molar-refractivity contribution >= 4 is 23.5 Å². The Morgan fingerprint density at radius 2 is 1.85 bits per heavy atom. The lowest BCUT2D eigenvalue weighted by Gasteiger charge is -2.06. The zero-order valence-electron chi connectivity index (χ0n) is 14.3. The molecule has 0 atom stereocenters. The number of hydrogen-bond donors (Lipinski definition) is 2. The fourth-order valence-corrected chi connectivity index (χ4v) is 2.57. The van der Waals surface area contributed by atoms with E-state index in [1.807, 2.05) is 30.3 Å². The predicted octanol–water partition coefficient (Wildman–Crippen LogP) is 1.41. The molecule has 0 aliphatic heterocycles. The molecule has 0 saturated carbocycles. The van der Waals surface area contributed by atoms with Crippen LogP contribution in [0.1, 0.15) is 33.3 Å². The van der Waals surface area contributed by atoms with Crippen LogP contribution in [-0.2, 0) is 4.74 Å². The number of esters is 1. The molecule has 0 saturated heterocycles. The van der Waals surface area contributed by atoms with Crippen LogP contribution < -0.4 is 11.5 Å². The fourth-order valence-electron chi connectivity index (χ4n) is 2.57. The molecule has 4 N–H and O–H groups in total. The van der Waals surface area contributed by atoms with Crippen LogP contribution in [0.5, 0.6) is 0 Å². The van der Waals surface area contributed by atoms with Crippen LogP contribution in [0.2, 0.25) is 0 Å². The summed E-state index contributed by atoms with van der Waals surface area (Å²) in [5.41, 5.74) is 13.2. The lowest BCUT2D eigenvalue weighted by atomic mass is 10.2. The fraction of sp³-hybridized carbons (Fsp3) is 0.176. The van der Waals surface area contributed by atoms with Gasteiger partial charge in [-0.05, 0) is 26.0 Å². The summed E-state index contributed by atoms with van der Waals surface area (Å²) in [5.74, 6) is -1.17. The molecular weight excluding hydrogens is 336 g/mol. The first-order valence-corrected chi connectivity index (χ1v) is 7.91. The number of para-hydroxylation sites is 1. The van der Waals surface area contributed by atoms with E-state index in [2.05, 4.69) is 10.2 Å². The number of carbonyl (C=O) groups excluding carboxylic acids is 2. The van der Waals surface area contributed by atoms with Gasteiger partial charge in [0.05, 0.1) is 24.2 Å². The monoisotopic (exact) mass is 354 g/mol. The smallest absolute Gasteiger partial charge is 0.343 e. The Bertz CT molecular complexity index is 974. The summed E-state index contributed by atoms with van der Waals surface area (Å²) < 4.78 is 7.32. The molecule has 2 heterocycles. The van der Waals surface area contributed by atoms with Crippen molar-refractivity contribution in [3.05, 3.63) is 53.3 Å². The summed E-state index contributed by atoms with van der Waals surface area (Å²) in [6.45, 7) is 3.44. The number of ether oxygens (including phenoxy) is 1. The van der Waals surface area contributed by atoms with Crippen LogP contribution in [0.3, 0.4) is 0 Å². The molecule has 1 aromatic carbocycles. The number of nitrogens with zero attached hydrogens (tertiary/aromatic N) is 4. The van der Waals surface area contributed by atoms with Crippen molar-refractivity contribution in [1.82, 2.24) is 19.6 Å².